The lowest BCUT2D eigenvalue weighted by molar-refractivity contribution is 0.0299. The zero-order valence-electron chi connectivity index (χ0n) is 23.5. The number of H-pyrrole nitrogens is 2. The fraction of sp³-hybridized carbons (Fsp3) is 0.438. The fourth-order valence-corrected chi connectivity index (χ4v) is 7.00. The van der Waals surface area contributed by atoms with Gasteiger partial charge in [-0.05, 0) is 54.7 Å². The number of nitrogens with one attached hydrogen (secondary N) is 2. The first kappa shape index (κ1) is 27.2. The second kappa shape index (κ2) is 11.2. The van der Waals surface area contributed by atoms with Crippen LogP contribution in [0.2, 0.25) is 0 Å². The molecule has 1 aliphatic carbocycles. The molecule has 2 aromatic carbocycles. The molecule has 4 heterocycles. The Balaban J connectivity index is 1.16. The molecular formula is C32H35ClN4O5. The molecular weight excluding hydrogens is 556 g/mol. The number of rotatable bonds is 6. The molecule has 1 saturated heterocycles. The number of amides is 2. The summed E-state index contributed by atoms with van der Waals surface area (Å²) in [6.45, 7) is 3.14. The number of aromatic hydroxyl groups is 1. The lowest BCUT2D eigenvalue weighted by Gasteiger charge is -2.26. The van der Waals surface area contributed by atoms with E-state index in [1.165, 1.54) is 32.1 Å². The molecule has 7 rings (SSSR count). The van der Waals surface area contributed by atoms with E-state index in [1.807, 2.05) is 24.3 Å². The third kappa shape index (κ3) is 4.88. The molecule has 2 amide bonds. The van der Waals surface area contributed by atoms with Gasteiger partial charge in [-0.3, -0.25) is 9.59 Å². The van der Waals surface area contributed by atoms with Crippen molar-refractivity contribution >= 4 is 50.9 Å². The van der Waals surface area contributed by atoms with Crippen molar-refractivity contribution in [2.24, 2.45) is 5.92 Å². The van der Waals surface area contributed by atoms with Gasteiger partial charge in [-0.25, -0.2) is 0 Å². The van der Waals surface area contributed by atoms with Crippen LogP contribution in [0.15, 0.2) is 36.4 Å². The molecule has 2 aromatic heterocycles. The van der Waals surface area contributed by atoms with Gasteiger partial charge in [0.1, 0.15) is 22.9 Å². The number of fused-ring (bicyclic) bond motifs is 4. The number of alkyl halides is 1. The summed E-state index contributed by atoms with van der Waals surface area (Å²) in [4.78, 5) is 36.9. The minimum absolute atomic E-state index is 0.0193. The Morgan fingerprint density at radius 3 is 2.57 bits per heavy atom. The van der Waals surface area contributed by atoms with Crippen molar-refractivity contribution in [1.82, 2.24) is 14.9 Å². The first-order valence-corrected chi connectivity index (χ1v) is 15.4. The lowest BCUT2D eigenvalue weighted by atomic mass is 9.90. The monoisotopic (exact) mass is 590 g/mol. The number of hydrogen-bond donors (Lipinski definition) is 3. The van der Waals surface area contributed by atoms with E-state index >= 15 is 0 Å². The normalized spacial score (nSPS) is 19.5. The highest BCUT2D eigenvalue weighted by Crippen LogP contribution is 2.46. The number of aromatic nitrogens is 2. The van der Waals surface area contributed by atoms with Crippen molar-refractivity contribution in [3.8, 4) is 11.5 Å². The highest BCUT2D eigenvalue weighted by atomic mass is 35.5. The van der Waals surface area contributed by atoms with Gasteiger partial charge in [0.05, 0.1) is 31.0 Å². The highest BCUT2D eigenvalue weighted by molar-refractivity contribution is 6.19. The van der Waals surface area contributed by atoms with Gasteiger partial charge in [0.25, 0.3) is 11.8 Å². The number of anilines is 1. The van der Waals surface area contributed by atoms with Crippen LogP contribution in [0, 0.1) is 5.92 Å². The van der Waals surface area contributed by atoms with Gasteiger partial charge in [-0.2, -0.15) is 0 Å². The number of phenols is 1. The van der Waals surface area contributed by atoms with Gasteiger partial charge in [-0.1, -0.05) is 19.3 Å². The first-order chi connectivity index (χ1) is 20.5. The topological polar surface area (TPSA) is 111 Å². The number of benzene rings is 2. The minimum atomic E-state index is -0.205. The molecule has 0 bridgehead atoms. The summed E-state index contributed by atoms with van der Waals surface area (Å²) in [7, 11) is 0. The van der Waals surface area contributed by atoms with Crippen molar-refractivity contribution in [2.75, 3.05) is 50.2 Å². The molecule has 42 heavy (non-hydrogen) atoms. The fourth-order valence-electron chi connectivity index (χ4n) is 6.75. The second-order valence-corrected chi connectivity index (χ2v) is 12.0. The smallest absolute Gasteiger partial charge is 0.274 e. The second-order valence-electron chi connectivity index (χ2n) is 11.7. The number of carbonyl (C=O) groups is 2. The Morgan fingerprint density at radius 2 is 1.79 bits per heavy atom. The average molecular weight is 591 g/mol. The minimum Gasteiger partial charge on any atom is -0.506 e. The van der Waals surface area contributed by atoms with Crippen LogP contribution in [-0.2, 0) is 4.74 Å². The number of hydrogen-bond acceptors (Lipinski definition) is 5. The Morgan fingerprint density at radius 1 is 1.00 bits per heavy atom. The quantitative estimate of drug-likeness (QED) is 0.247. The maximum absolute atomic E-state index is 13.9. The van der Waals surface area contributed by atoms with Crippen LogP contribution in [0.5, 0.6) is 11.5 Å². The van der Waals surface area contributed by atoms with Gasteiger partial charge in [0, 0.05) is 53.8 Å². The number of aromatic amines is 2. The Kier molecular flexibility index (Phi) is 7.23. The third-order valence-corrected chi connectivity index (χ3v) is 9.38. The maximum atomic E-state index is 13.9. The van der Waals surface area contributed by atoms with Crippen LogP contribution in [0.25, 0.3) is 21.8 Å². The number of nitrogens with zero attached hydrogens (tertiary/aromatic N) is 2. The van der Waals surface area contributed by atoms with Crippen LogP contribution in [0.3, 0.4) is 0 Å². The molecule has 1 atom stereocenters. The van der Waals surface area contributed by atoms with E-state index in [0.717, 1.165) is 28.8 Å². The molecule has 0 unspecified atom stereocenters. The van der Waals surface area contributed by atoms with E-state index in [9.17, 15) is 14.7 Å². The zero-order chi connectivity index (χ0) is 28.8. The number of phenolic OH excluding ortho intramolecular Hbond substituents is 1. The van der Waals surface area contributed by atoms with E-state index < -0.39 is 0 Å². The molecule has 4 aromatic rings. The van der Waals surface area contributed by atoms with Crippen molar-refractivity contribution in [3.63, 3.8) is 0 Å². The molecule has 220 valence electrons. The van der Waals surface area contributed by atoms with Crippen LogP contribution in [-0.4, -0.2) is 77.1 Å². The summed E-state index contributed by atoms with van der Waals surface area (Å²) >= 11 is 6.43. The highest BCUT2D eigenvalue weighted by Gasteiger charge is 2.36. The molecule has 10 heteroatoms. The van der Waals surface area contributed by atoms with Gasteiger partial charge in [0.2, 0.25) is 0 Å². The summed E-state index contributed by atoms with van der Waals surface area (Å²) < 4.78 is 11.5. The molecule has 2 aliphatic heterocycles. The van der Waals surface area contributed by atoms with Crippen molar-refractivity contribution in [2.45, 2.75) is 38.0 Å². The predicted molar refractivity (Wildman–Crippen MR) is 162 cm³/mol. The summed E-state index contributed by atoms with van der Waals surface area (Å²) in [6, 6.07) is 11.1. The van der Waals surface area contributed by atoms with Gasteiger partial charge in [-0.15, -0.1) is 11.6 Å². The molecule has 2 fully saturated rings. The van der Waals surface area contributed by atoms with Gasteiger partial charge < -0.3 is 34.3 Å². The van der Waals surface area contributed by atoms with E-state index in [0.29, 0.717) is 72.6 Å². The van der Waals surface area contributed by atoms with Crippen molar-refractivity contribution in [1.29, 1.82) is 0 Å². The number of halogens is 1. The Labute approximate surface area is 248 Å². The van der Waals surface area contributed by atoms with E-state index in [-0.39, 0.29) is 23.5 Å². The molecule has 3 N–H and O–H groups in total. The Hall–Kier alpha value is -3.69. The van der Waals surface area contributed by atoms with Crippen molar-refractivity contribution in [3.05, 3.63) is 53.3 Å². The van der Waals surface area contributed by atoms with E-state index in [1.54, 1.807) is 21.9 Å². The zero-order valence-corrected chi connectivity index (χ0v) is 24.2. The van der Waals surface area contributed by atoms with Crippen LogP contribution >= 0.6 is 11.6 Å². The first-order valence-electron chi connectivity index (χ1n) is 14.9. The van der Waals surface area contributed by atoms with Crippen molar-refractivity contribution < 1.29 is 24.2 Å². The summed E-state index contributed by atoms with van der Waals surface area (Å²) in [5.74, 6) is 1.19. The number of ether oxygens (including phenoxy) is 2. The molecule has 9 nitrogen and oxygen atoms in total. The van der Waals surface area contributed by atoms with E-state index in [4.69, 9.17) is 21.1 Å². The average Bonchev–Trinajstić information content (AvgIpc) is 3.75. The summed E-state index contributed by atoms with van der Waals surface area (Å²) in [6.07, 6.45) is 6.33. The number of carbonyl (C=O) groups excluding carboxylic acids is 2. The number of morpholine rings is 1. The third-order valence-electron chi connectivity index (χ3n) is 9.01. The molecule has 0 radical (unpaired) electrons. The van der Waals surface area contributed by atoms with E-state index in [2.05, 4.69) is 9.97 Å². The molecule has 3 aliphatic rings. The maximum Gasteiger partial charge on any atom is 0.274 e. The lowest BCUT2D eigenvalue weighted by Crippen LogP contribution is -2.40. The Bertz CT molecular complexity index is 1650. The SMILES string of the molecule is O=C(c1cc2c3c(cc(O)c2[nH]1)N(C(=O)c1cc2cc(OCC4CCCCC4)ccc2[nH]1)C[C@H]3CCl)N1CCOCC1. The van der Waals surface area contributed by atoms with Crippen LogP contribution < -0.4 is 9.64 Å². The van der Waals surface area contributed by atoms with Gasteiger partial charge >= 0.3 is 0 Å². The summed E-state index contributed by atoms with van der Waals surface area (Å²) in [5.41, 5.74) is 3.64. The standard InChI is InChI=1S/C32H35ClN4O5/c33-16-21-17-37(27-15-28(38)30-23(29(21)27)14-26(35-30)31(39)36-8-10-41-11-9-36)32(40)25-13-20-12-22(6-7-24(20)34-25)42-18-19-4-2-1-3-5-19/h6-7,12-15,19,21,34-35,38H,1-5,8-11,16-18H2/t21-/m1/s1. The van der Waals surface area contributed by atoms with Crippen LogP contribution in [0.1, 0.15) is 64.6 Å². The van der Waals surface area contributed by atoms with Gasteiger partial charge in [0.15, 0.2) is 0 Å². The molecule has 1 saturated carbocycles. The van der Waals surface area contributed by atoms with Crippen LogP contribution in [0.4, 0.5) is 5.69 Å². The summed E-state index contributed by atoms with van der Waals surface area (Å²) in [5, 5.41) is 12.6. The predicted octanol–water partition coefficient (Wildman–Crippen LogP) is 5.77. The molecule has 0 spiro atoms. The largest absolute Gasteiger partial charge is 0.506 e.